The van der Waals surface area contributed by atoms with E-state index in [0.717, 1.165) is 5.82 Å². The zero-order valence-corrected chi connectivity index (χ0v) is 10.2. The number of aromatic amines is 1. The normalized spacial score (nSPS) is 10.3. The van der Waals surface area contributed by atoms with Crippen molar-refractivity contribution < 1.29 is 4.79 Å². The van der Waals surface area contributed by atoms with Crippen LogP contribution < -0.4 is 11.1 Å². The van der Waals surface area contributed by atoms with Gasteiger partial charge in [0.1, 0.15) is 12.2 Å². The number of nitrogen functional groups attached to an aromatic ring is 1. The van der Waals surface area contributed by atoms with Crippen molar-refractivity contribution >= 4 is 23.2 Å². The maximum Gasteiger partial charge on any atom is 0.253 e. The monoisotopic (exact) mass is 265 g/mol. The summed E-state index contributed by atoms with van der Waals surface area (Å²) in [6, 6.07) is 4.78. The molecule has 0 aliphatic rings. The Balaban J connectivity index is 1.91. The van der Waals surface area contributed by atoms with Crippen LogP contribution in [-0.4, -0.2) is 27.6 Å². The van der Waals surface area contributed by atoms with Gasteiger partial charge in [-0.25, -0.2) is 4.98 Å². The molecule has 1 amide bonds. The van der Waals surface area contributed by atoms with E-state index >= 15 is 0 Å². The van der Waals surface area contributed by atoms with Gasteiger partial charge < -0.3 is 11.1 Å². The molecule has 0 aliphatic carbocycles. The van der Waals surface area contributed by atoms with E-state index in [1.54, 1.807) is 18.2 Å². The number of aromatic nitrogens is 3. The minimum atomic E-state index is -0.233. The van der Waals surface area contributed by atoms with Gasteiger partial charge in [0, 0.05) is 23.7 Å². The molecule has 7 heteroatoms. The smallest absolute Gasteiger partial charge is 0.253 e. The van der Waals surface area contributed by atoms with E-state index in [1.165, 1.54) is 6.33 Å². The first kappa shape index (κ1) is 12.4. The maximum absolute atomic E-state index is 11.8. The molecule has 0 fully saturated rings. The van der Waals surface area contributed by atoms with Crippen LogP contribution in [0.5, 0.6) is 0 Å². The molecule has 0 saturated heterocycles. The quantitative estimate of drug-likeness (QED) is 0.719. The van der Waals surface area contributed by atoms with Crippen LogP contribution in [0.4, 0.5) is 5.69 Å². The predicted octanol–water partition coefficient (Wildman–Crippen LogP) is 1.01. The number of H-pyrrole nitrogens is 1. The van der Waals surface area contributed by atoms with Crippen LogP contribution >= 0.6 is 11.6 Å². The number of nitrogens with two attached hydrogens (primary N) is 1. The van der Waals surface area contributed by atoms with E-state index in [4.69, 9.17) is 17.3 Å². The lowest BCUT2D eigenvalue weighted by molar-refractivity contribution is 0.0955. The van der Waals surface area contributed by atoms with Gasteiger partial charge in [0.05, 0.1) is 5.56 Å². The van der Waals surface area contributed by atoms with Crippen LogP contribution in [0.25, 0.3) is 0 Å². The highest BCUT2D eigenvalue weighted by molar-refractivity contribution is 6.31. The number of rotatable bonds is 4. The first-order chi connectivity index (χ1) is 8.66. The van der Waals surface area contributed by atoms with E-state index in [-0.39, 0.29) is 5.91 Å². The van der Waals surface area contributed by atoms with Crippen LogP contribution in [0.15, 0.2) is 24.5 Å². The standard InChI is InChI=1S/C11H12ClN5O/c12-7-1-2-8(9(13)5-7)11(18)14-4-3-10-15-6-16-17-10/h1-2,5-6H,3-4,13H2,(H,14,18)(H,15,16,17). The summed E-state index contributed by atoms with van der Waals surface area (Å²) in [4.78, 5) is 15.8. The van der Waals surface area contributed by atoms with Crippen molar-refractivity contribution in [2.45, 2.75) is 6.42 Å². The highest BCUT2D eigenvalue weighted by Crippen LogP contribution is 2.17. The molecule has 0 bridgehead atoms. The molecule has 0 spiro atoms. The van der Waals surface area contributed by atoms with E-state index in [0.29, 0.717) is 29.2 Å². The van der Waals surface area contributed by atoms with Gasteiger partial charge in [-0.15, -0.1) is 0 Å². The average Bonchev–Trinajstić information content (AvgIpc) is 2.81. The Morgan fingerprint density at radius 3 is 3.00 bits per heavy atom. The molecule has 1 aromatic carbocycles. The van der Waals surface area contributed by atoms with Gasteiger partial charge >= 0.3 is 0 Å². The Labute approximate surface area is 109 Å². The largest absolute Gasteiger partial charge is 0.398 e. The van der Waals surface area contributed by atoms with Gasteiger partial charge in [-0.2, -0.15) is 5.10 Å². The van der Waals surface area contributed by atoms with E-state index in [1.807, 2.05) is 0 Å². The van der Waals surface area contributed by atoms with Gasteiger partial charge in [-0.1, -0.05) is 11.6 Å². The van der Waals surface area contributed by atoms with Gasteiger partial charge in [0.2, 0.25) is 0 Å². The summed E-state index contributed by atoms with van der Waals surface area (Å²) >= 11 is 5.76. The summed E-state index contributed by atoms with van der Waals surface area (Å²) in [5.74, 6) is 0.489. The second-order valence-electron chi connectivity index (χ2n) is 3.67. The molecule has 0 radical (unpaired) electrons. The number of nitrogens with one attached hydrogen (secondary N) is 2. The van der Waals surface area contributed by atoms with E-state index in [2.05, 4.69) is 20.5 Å². The summed E-state index contributed by atoms with van der Waals surface area (Å²) in [6.07, 6.45) is 2.01. The Hall–Kier alpha value is -2.08. The molecule has 4 N–H and O–H groups in total. The Bertz CT molecular complexity index is 540. The third-order valence-corrected chi connectivity index (χ3v) is 2.61. The van der Waals surface area contributed by atoms with Crippen LogP contribution in [0.2, 0.25) is 5.02 Å². The Morgan fingerprint density at radius 2 is 2.33 bits per heavy atom. The zero-order valence-electron chi connectivity index (χ0n) is 9.48. The number of nitrogens with zero attached hydrogens (tertiary/aromatic N) is 2. The maximum atomic E-state index is 11.8. The molecule has 1 aromatic heterocycles. The summed E-state index contributed by atoms with van der Waals surface area (Å²) in [5.41, 5.74) is 6.49. The lowest BCUT2D eigenvalue weighted by Gasteiger charge is -2.06. The Kier molecular flexibility index (Phi) is 3.78. The molecule has 6 nitrogen and oxygen atoms in total. The second-order valence-corrected chi connectivity index (χ2v) is 4.11. The highest BCUT2D eigenvalue weighted by Gasteiger charge is 2.09. The third-order valence-electron chi connectivity index (χ3n) is 2.37. The third kappa shape index (κ3) is 2.98. The first-order valence-electron chi connectivity index (χ1n) is 5.34. The molecule has 1 heterocycles. The fourth-order valence-corrected chi connectivity index (χ4v) is 1.66. The van der Waals surface area contributed by atoms with Gasteiger partial charge in [0.25, 0.3) is 5.91 Å². The van der Waals surface area contributed by atoms with Crippen molar-refractivity contribution in [2.24, 2.45) is 0 Å². The SMILES string of the molecule is Nc1cc(Cl)ccc1C(=O)NCCc1ncn[nH]1. The van der Waals surface area contributed by atoms with Crippen LogP contribution in [0.1, 0.15) is 16.2 Å². The average molecular weight is 266 g/mol. The van der Waals surface area contributed by atoms with Crippen LogP contribution in [0, 0.1) is 0 Å². The lowest BCUT2D eigenvalue weighted by atomic mass is 10.1. The second kappa shape index (κ2) is 5.50. The first-order valence-corrected chi connectivity index (χ1v) is 5.72. The molecule has 18 heavy (non-hydrogen) atoms. The number of halogens is 1. The highest BCUT2D eigenvalue weighted by atomic mass is 35.5. The number of benzene rings is 1. The molecule has 0 aliphatic heterocycles. The summed E-state index contributed by atoms with van der Waals surface area (Å²) in [7, 11) is 0. The molecule has 0 atom stereocenters. The Morgan fingerprint density at radius 1 is 1.50 bits per heavy atom. The van der Waals surface area contributed by atoms with Crippen LogP contribution in [0.3, 0.4) is 0 Å². The van der Waals surface area contributed by atoms with Crippen molar-refractivity contribution in [3.8, 4) is 0 Å². The van der Waals surface area contributed by atoms with Gasteiger partial charge in [-0.05, 0) is 18.2 Å². The minimum Gasteiger partial charge on any atom is -0.398 e. The van der Waals surface area contributed by atoms with Crippen molar-refractivity contribution in [2.75, 3.05) is 12.3 Å². The molecule has 94 valence electrons. The van der Waals surface area contributed by atoms with Gasteiger partial charge in [0.15, 0.2) is 0 Å². The fraction of sp³-hybridized carbons (Fsp3) is 0.182. The topological polar surface area (TPSA) is 96.7 Å². The van der Waals surface area contributed by atoms with Crippen LogP contribution in [-0.2, 0) is 6.42 Å². The van der Waals surface area contributed by atoms with Crippen molar-refractivity contribution in [1.82, 2.24) is 20.5 Å². The number of carbonyl (C=O) groups excluding carboxylic acids is 1. The molecule has 0 unspecified atom stereocenters. The van der Waals surface area contributed by atoms with E-state index in [9.17, 15) is 4.79 Å². The van der Waals surface area contributed by atoms with Crippen molar-refractivity contribution in [3.05, 3.63) is 40.9 Å². The molecular weight excluding hydrogens is 254 g/mol. The number of anilines is 1. The molecular formula is C11H12ClN5O. The lowest BCUT2D eigenvalue weighted by Crippen LogP contribution is -2.26. The van der Waals surface area contributed by atoms with Crippen molar-refractivity contribution in [1.29, 1.82) is 0 Å². The molecule has 2 aromatic rings. The predicted molar refractivity (Wildman–Crippen MR) is 68.3 cm³/mol. The molecule has 0 saturated carbocycles. The number of amides is 1. The van der Waals surface area contributed by atoms with Gasteiger partial charge in [-0.3, -0.25) is 9.89 Å². The summed E-state index contributed by atoms with van der Waals surface area (Å²) < 4.78 is 0. The molecule has 2 rings (SSSR count). The number of hydrogen-bond donors (Lipinski definition) is 3. The zero-order chi connectivity index (χ0) is 13.0. The summed E-state index contributed by atoms with van der Waals surface area (Å²) in [5, 5.41) is 9.69. The minimum absolute atomic E-state index is 0.233. The number of carbonyl (C=O) groups is 1. The number of hydrogen-bond acceptors (Lipinski definition) is 4. The van der Waals surface area contributed by atoms with E-state index < -0.39 is 0 Å². The van der Waals surface area contributed by atoms with Crippen molar-refractivity contribution in [3.63, 3.8) is 0 Å². The summed E-state index contributed by atoms with van der Waals surface area (Å²) in [6.45, 7) is 0.454. The fourth-order valence-electron chi connectivity index (χ4n) is 1.48.